The minimum absolute atomic E-state index is 0.000990. The van der Waals surface area contributed by atoms with Gasteiger partial charge in [-0.15, -0.1) is 23.5 Å². The highest BCUT2D eigenvalue weighted by Crippen LogP contribution is 2.71. The normalized spacial score (nSPS) is 36.9. The Balaban J connectivity index is 1.22. The molecule has 2 aromatic carbocycles. The van der Waals surface area contributed by atoms with Gasteiger partial charge in [-0.1, -0.05) is 133 Å². The largest absolute Gasteiger partial charge is 0.340 e. The summed E-state index contributed by atoms with van der Waals surface area (Å²) in [6.07, 6.45) is 51.0. The van der Waals surface area contributed by atoms with Crippen LogP contribution in [0.25, 0.3) is 11.1 Å². The molecule has 53 heavy (non-hydrogen) atoms. The molecule has 3 heteroatoms. The number of hydrogen-bond acceptors (Lipinski definition) is 3. The lowest BCUT2D eigenvalue weighted by Gasteiger charge is -2.64. The first-order valence-electron chi connectivity index (χ1n) is 20.4. The third-order valence-corrected chi connectivity index (χ3v) is 17.1. The van der Waals surface area contributed by atoms with Crippen molar-refractivity contribution in [2.24, 2.45) is 17.8 Å². The topological polar surface area (TPSA) is 3.24 Å². The van der Waals surface area contributed by atoms with E-state index in [1.165, 1.54) is 52.2 Å². The Morgan fingerprint density at radius 3 is 2.55 bits per heavy atom. The van der Waals surface area contributed by atoms with Crippen molar-refractivity contribution in [3.63, 3.8) is 0 Å². The van der Waals surface area contributed by atoms with Crippen LogP contribution in [0.4, 0.5) is 5.69 Å². The Kier molecular flexibility index (Phi) is 7.85. The van der Waals surface area contributed by atoms with Gasteiger partial charge in [-0.3, -0.25) is 0 Å². The van der Waals surface area contributed by atoms with Crippen LogP contribution >= 0.6 is 23.5 Å². The molecule has 3 aliphatic heterocycles. The molecule has 0 amide bonds. The molecule has 11 rings (SSSR count). The molecule has 1 spiro atoms. The molecule has 0 saturated carbocycles. The van der Waals surface area contributed by atoms with Crippen molar-refractivity contribution < 1.29 is 0 Å². The smallest absolute Gasteiger partial charge is 0.0530 e. The van der Waals surface area contributed by atoms with Crippen LogP contribution in [0, 0.1) is 17.8 Å². The Hall–Kier alpha value is -3.66. The van der Waals surface area contributed by atoms with Gasteiger partial charge in [-0.2, -0.15) is 0 Å². The summed E-state index contributed by atoms with van der Waals surface area (Å²) >= 11 is 4.46. The van der Waals surface area contributed by atoms with Gasteiger partial charge in [0, 0.05) is 66.5 Å². The standard InChI is InChI=1S/C50H49NS2/c1-49-32-13-12-31-45(49)50(40-26-9-11-28-42(40)52-43-29-15-22-35(46(43)50)33-17-4-2-5-18-33)47-37(23-16-30-44(47)53-49)39-25-14-24-38-36-21-8-10-27-41(36)51(48(38)39)34-19-6-3-7-20-34/h2-6,8-9,12-17,19,21-26,29-31,33,36,40-43,46H,7,10-11,18,20,27-28,32H2,1H3. The molecule has 1 nitrogen and oxygen atoms in total. The molecule has 0 N–H and O–H groups in total. The van der Waals surface area contributed by atoms with Crippen molar-refractivity contribution in [3.05, 3.63) is 168 Å². The quantitative estimate of drug-likeness (QED) is 0.290. The zero-order valence-electron chi connectivity index (χ0n) is 30.7. The van der Waals surface area contributed by atoms with E-state index in [9.17, 15) is 0 Å². The van der Waals surface area contributed by atoms with E-state index in [1.54, 1.807) is 16.7 Å². The molecule has 3 heterocycles. The highest BCUT2D eigenvalue weighted by atomic mass is 32.2. The van der Waals surface area contributed by atoms with Gasteiger partial charge in [-0.05, 0) is 92.7 Å². The maximum absolute atomic E-state index is 2.83. The van der Waals surface area contributed by atoms with Gasteiger partial charge in [0.15, 0.2) is 0 Å². The number of allylic oxidation sites excluding steroid dienone is 17. The highest BCUT2D eigenvalue weighted by Gasteiger charge is 2.65. The lowest BCUT2D eigenvalue weighted by molar-refractivity contribution is 0.219. The first-order chi connectivity index (χ1) is 26.2. The fourth-order valence-corrected chi connectivity index (χ4v) is 15.5. The Morgan fingerprint density at radius 2 is 1.64 bits per heavy atom. The van der Waals surface area contributed by atoms with E-state index < -0.39 is 0 Å². The maximum atomic E-state index is 2.83. The van der Waals surface area contributed by atoms with E-state index in [0.29, 0.717) is 40.2 Å². The number of para-hydroxylation sites is 1. The third kappa shape index (κ3) is 4.78. The van der Waals surface area contributed by atoms with Gasteiger partial charge in [0.1, 0.15) is 0 Å². The Morgan fingerprint density at radius 1 is 0.755 bits per heavy atom. The molecule has 9 unspecified atom stereocenters. The van der Waals surface area contributed by atoms with Crippen LogP contribution in [0.5, 0.6) is 0 Å². The van der Waals surface area contributed by atoms with E-state index in [2.05, 4.69) is 175 Å². The van der Waals surface area contributed by atoms with Crippen molar-refractivity contribution in [2.75, 3.05) is 4.90 Å². The molecule has 1 fully saturated rings. The fourth-order valence-electron chi connectivity index (χ4n) is 12.1. The minimum Gasteiger partial charge on any atom is -0.340 e. The van der Waals surface area contributed by atoms with Crippen LogP contribution in [0.2, 0.25) is 0 Å². The van der Waals surface area contributed by atoms with Crippen LogP contribution in [-0.4, -0.2) is 21.3 Å². The number of benzene rings is 2. The van der Waals surface area contributed by atoms with E-state index in [-0.39, 0.29) is 10.2 Å². The summed E-state index contributed by atoms with van der Waals surface area (Å²) in [7, 11) is 0. The van der Waals surface area contributed by atoms with Crippen molar-refractivity contribution in [1.29, 1.82) is 0 Å². The fraction of sp³-hybridized carbons (Fsp3) is 0.360. The second kappa shape index (κ2) is 12.7. The lowest BCUT2D eigenvalue weighted by atomic mass is 9.49. The van der Waals surface area contributed by atoms with Crippen LogP contribution in [0.3, 0.4) is 0 Å². The Labute approximate surface area is 324 Å². The van der Waals surface area contributed by atoms with E-state index in [0.717, 1.165) is 32.1 Å². The molecule has 0 bridgehead atoms. The van der Waals surface area contributed by atoms with E-state index >= 15 is 0 Å². The van der Waals surface area contributed by atoms with Gasteiger partial charge in [0.05, 0.1) is 5.69 Å². The molecule has 6 aliphatic carbocycles. The SMILES string of the molecule is CC12CC=CC=C1C1(c3c(cccc3-c3cccc4c3N(C3=CC=CCC3)C3CCC=CC43)S2)C2C=CCCC2SC2C=CC=C(C3C=CC=CC3)C21. The molecule has 0 radical (unpaired) electrons. The van der Waals surface area contributed by atoms with Crippen molar-refractivity contribution in [3.8, 4) is 11.1 Å². The predicted octanol–water partition coefficient (Wildman–Crippen LogP) is 12.9. The summed E-state index contributed by atoms with van der Waals surface area (Å²) < 4.78 is 0.000990. The van der Waals surface area contributed by atoms with Crippen molar-refractivity contribution in [1.82, 2.24) is 0 Å². The summed E-state index contributed by atoms with van der Waals surface area (Å²) in [5.41, 5.74) is 12.2. The van der Waals surface area contributed by atoms with Gasteiger partial charge >= 0.3 is 0 Å². The second-order valence-corrected chi connectivity index (χ2v) is 19.8. The first-order valence-corrected chi connectivity index (χ1v) is 22.1. The number of fused-ring (bicyclic) bond motifs is 11. The van der Waals surface area contributed by atoms with Crippen LogP contribution in [-0.2, 0) is 5.41 Å². The summed E-state index contributed by atoms with van der Waals surface area (Å²) in [4.78, 5) is 4.33. The molecule has 2 aromatic rings. The van der Waals surface area contributed by atoms with Gasteiger partial charge in [-0.25, -0.2) is 0 Å². The van der Waals surface area contributed by atoms with Crippen molar-refractivity contribution >= 4 is 29.2 Å². The number of hydrogen-bond donors (Lipinski definition) is 0. The monoisotopic (exact) mass is 727 g/mol. The summed E-state index contributed by atoms with van der Waals surface area (Å²) in [5.74, 6) is 1.65. The molecular weight excluding hydrogens is 679 g/mol. The highest BCUT2D eigenvalue weighted by molar-refractivity contribution is 8.01. The number of nitrogens with zero attached hydrogens (tertiary/aromatic N) is 1. The maximum Gasteiger partial charge on any atom is 0.0530 e. The molecule has 0 aromatic heterocycles. The summed E-state index contributed by atoms with van der Waals surface area (Å²) in [6, 6.07) is 15.3. The summed E-state index contributed by atoms with van der Waals surface area (Å²) in [5, 5.41) is 1.02. The third-order valence-electron chi connectivity index (χ3n) is 14.1. The molecule has 9 aliphatic rings. The zero-order chi connectivity index (χ0) is 35.1. The molecule has 1 saturated heterocycles. The van der Waals surface area contributed by atoms with Crippen LogP contribution < -0.4 is 4.90 Å². The predicted molar refractivity (Wildman–Crippen MR) is 228 cm³/mol. The van der Waals surface area contributed by atoms with Crippen LogP contribution in [0.15, 0.2) is 161 Å². The lowest BCUT2D eigenvalue weighted by Crippen LogP contribution is -2.61. The van der Waals surface area contributed by atoms with E-state index in [4.69, 9.17) is 0 Å². The van der Waals surface area contributed by atoms with Gasteiger partial charge in [0.2, 0.25) is 0 Å². The number of anilines is 1. The van der Waals surface area contributed by atoms with Crippen molar-refractivity contribution in [2.45, 2.75) is 95.8 Å². The zero-order valence-corrected chi connectivity index (χ0v) is 32.4. The van der Waals surface area contributed by atoms with Gasteiger partial charge in [0.25, 0.3) is 0 Å². The average Bonchev–Trinajstić information content (AvgIpc) is 3.55. The first kappa shape index (κ1) is 32.7. The minimum atomic E-state index is -0.175. The van der Waals surface area contributed by atoms with Gasteiger partial charge < -0.3 is 4.90 Å². The second-order valence-electron chi connectivity index (χ2n) is 16.8. The molecule has 9 atom stereocenters. The number of rotatable bonds is 3. The average molecular weight is 728 g/mol. The van der Waals surface area contributed by atoms with Crippen LogP contribution in [0.1, 0.15) is 75.3 Å². The molecule has 266 valence electrons. The number of thioether (sulfide) groups is 2. The Bertz CT molecular complexity index is 2180. The summed E-state index contributed by atoms with van der Waals surface area (Å²) in [6.45, 7) is 2.58. The molecular formula is C50H49NS2. The van der Waals surface area contributed by atoms with E-state index in [1.807, 2.05) is 0 Å².